The van der Waals surface area contributed by atoms with Crippen LogP contribution in [-0.2, 0) is 0 Å². The maximum atomic E-state index is 10.3. The van der Waals surface area contributed by atoms with Crippen LogP contribution in [0.4, 0.5) is 0 Å². The molecule has 1 aromatic carbocycles. The first kappa shape index (κ1) is 16.4. The Balaban J connectivity index is 2.37. The molecule has 2 unspecified atom stereocenters. The minimum atomic E-state index is -1.49. The smallest absolute Gasteiger partial charge is 0.137 e. The quantitative estimate of drug-likeness (QED) is 0.499. The maximum Gasteiger partial charge on any atom is 0.137 e. The van der Waals surface area contributed by atoms with Gasteiger partial charge in [-0.05, 0) is 12.0 Å². The van der Waals surface area contributed by atoms with Crippen molar-refractivity contribution in [1.82, 2.24) is 4.90 Å². The first-order valence-electron chi connectivity index (χ1n) is 7.18. The van der Waals surface area contributed by atoms with Crippen LogP contribution in [0, 0.1) is 0 Å². The van der Waals surface area contributed by atoms with Crippen molar-refractivity contribution in [2.24, 2.45) is 0 Å². The van der Waals surface area contributed by atoms with Crippen molar-refractivity contribution in [3.8, 4) is 0 Å². The average molecular weight is 297 g/mol. The van der Waals surface area contributed by atoms with Gasteiger partial charge in [-0.15, -0.1) is 0 Å². The van der Waals surface area contributed by atoms with E-state index in [1.807, 2.05) is 37.3 Å². The summed E-state index contributed by atoms with van der Waals surface area (Å²) in [6.07, 6.45) is -5.04. The maximum absolute atomic E-state index is 10.3. The van der Waals surface area contributed by atoms with Crippen molar-refractivity contribution in [3.63, 3.8) is 0 Å². The molecule has 6 heteroatoms. The topological polar surface area (TPSA) is 104 Å². The van der Waals surface area contributed by atoms with Gasteiger partial charge in [0, 0.05) is 6.04 Å². The van der Waals surface area contributed by atoms with Gasteiger partial charge in [0.2, 0.25) is 0 Å². The van der Waals surface area contributed by atoms with Crippen molar-refractivity contribution < 1.29 is 25.5 Å². The second-order valence-corrected chi connectivity index (χ2v) is 5.42. The van der Waals surface area contributed by atoms with Crippen LogP contribution in [0.3, 0.4) is 0 Å². The summed E-state index contributed by atoms with van der Waals surface area (Å²) in [5.74, 6) is 0. The Morgan fingerprint density at radius 2 is 1.62 bits per heavy atom. The Labute approximate surface area is 123 Å². The summed E-state index contributed by atoms with van der Waals surface area (Å²) in [4.78, 5) is 1.48. The van der Waals surface area contributed by atoms with Crippen molar-refractivity contribution >= 4 is 0 Å². The molecule has 1 heterocycles. The molecule has 1 aliphatic heterocycles. The summed E-state index contributed by atoms with van der Waals surface area (Å²) in [6.45, 7) is 1.49. The first-order valence-corrected chi connectivity index (χ1v) is 7.18. The molecule has 1 aromatic rings. The highest BCUT2D eigenvalue weighted by Gasteiger charge is 2.49. The zero-order valence-electron chi connectivity index (χ0n) is 11.9. The van der Waals surface area contributed by atoms with Gasteiger partial charge >= 0.3 is 0 Å². The molecule has 1 saturated heterocycles. The second-order valence-electron chi connectivity index (χ2n) is 5.42. The number of hydrogen-bond acceptors (Lipinski definition) is 6. The van der Waals surface area contributed by atoms with Gasteiger partial charge in [0.05, 0.1) is 12.6 Å². The van der Waals surface area contributed by atoms with Gasteiger partial charge in [-0.25, -0.2) is 0 Å². The molecule has 1 fully saturated rings. The van der Waals surface area contributed by atoms with Gasteiger partial charge in [0.25, 0.3) is 0 Å². The van der Waals surface area contributed by atoms with Crippen LogP contribution in [0.15, 0.2) is 30.3 Å². The SMILES string of the molecule is CCC(c1ccccc1)N1C(O)[C@H](O)[C@@H](O)[C@@H](O)[C@H]1CO. The standard InChI is InChI=1S/C15H23NO5/c1-2-10(9-6-4-3-5-7-9)16-11(8-17)12(18)13(19)14(20)15(16)21/h3-7,10-15,17-21H,2,8H2,1H3/t10?,11-,12+,13+,14-,15?/m1/s1. The number of piperidine rings is 1. The Hall–Kier alpha value is -1.02. The zero-order chi connectivity index (χ0) is 15.6. The third kappa shape index (κ3) is 2.96. The highest BCUT2D eigenvalue weighted by atomic mass is 16.4. The Bertz CT molecular complexity index is 443. The lowest BCUT2D eigenvalue weighted by molar-refractivity contribution is -0.234. The van der Waals surface area contributed by atoms with Crippen LogP contribution < -0.4 is 0 Å². The lowest BCUT2D eigenvalue weighted by atomic mass is 9.89. The predicted octanol–water partition coefficient (Wildman–Crippen LogP) is -0.785. The summed E-state index contributed by atoms with van der Waals surface area (Å²) in [5, 5.41) is 49.6. The minimum absolute atomic E-state index is 0.282. The molecule has 5 N–H and O–H groups in total. The molecule has 21 heavy (non-hydrogen) atoms. The third-order valence-corrected chi connectivity index (χ3v) is 4.21. The highest BCUT2D eigenvalue weighted by Crippen LogP contribution is 2.34. The zero-order valence-corrected chi connectivity index (χ0v) is 11.9. The lowest BCUT2D eigenvalue weighted by Gasteiger charge is -2.49. The summed E-state index contributed by atoms with van der Waals surface area (Å²) in [7, 11) is 0. The summed E-state index contributed by atoms with van der Waals surface area (Å²) in [6, 6.07) is 8.25. The Morgan fingerprint density at radius 3 is 2.14 bits per heavy atom. The van der Waals surface area contributed by atoms with Crippen LogP contribution in [0.2, 0.25) is 0 Å². The highest BCUT2D eigenvalue weighted by molar-refractivity contribution is 5.20. The molecule has 6 atom stereocenters. The molecule has 1 aliphatic rings. The molecule has 118 valence electrons. The van der Waals surface area contributed by atoms with E-state index in [2.05, 4.69) is 0 Å². The molecule has 0 spiro atoms. The molecule has 0 bridgehead atoms. The van der Waals surface area contributed by atoms with Crippen molar-refractivity contribution in [3.05, 3.63) is 35.9 Å². The van der Waals surface area contributed by atoms with E-state index in [0.29, 0.717) is 6.42 Å². The van der Waals surface area contributed by atoms with Gasteiger partial charge < -0.3 is 25.5 Å². The first-order chi connectivity index (χ1) is 10.0. The van der Waals surface area contributed by atoms with Crippen molar-refractivity contribution in [2.45, 2.75) is 50.0 Å². The monoisotopic (exact) mass is 297 g/mol. The Kier molecular flexibility index (Phi) is 5.32. The summed E-state index contributed by atoms with van der Waals surface area (Å²) < 4.78 is 0. The van der Waals surface area contributed by atoms with Gasteiger partial charge in [0.1, 0.15) is 24.5 Å². The van der Waals surface area contributed by atoms with Crippen LogP contribution in [-0.4, -0.2) is 67.6 Å². The summed E-state index contributed by atoms with van der Waals surface area (Å²) in [5.41, 5.74) is 0.910. The van der Waals surface area contributed by atoms with E-state index in [9.17, 15) is 25.5 Å². The fraction of sp³-hybridized carbons (Fsp3) is 0.600. The van der Waals surface area contributed by atoms with Crippen LogP contribution >= 0.6 is 0 Å². The van der Waals surface area contributed by atoms with E-state index in [0.717, 1.165) is 5.56 Å². The number of likely N-dealkylation sites (tertiary alicyclic amines) is 1. The van der Waals surface area contributed by atoms with E-state index < -0.39 is 37.2 Å². The number of aliphatic hydroxyl groups is 5. The second kappa shape index (κ2) is 6.83. The van der Waals surface area contributed by atoms with Gasteiger partial charge in [-0.2, -0.15) is 0 Å². The Morgan fingerprint density at radius 1 is 1.00 bits per heavy atom. The van der Waals surface area contributed by atoms with Gasteiger partial charge in [-0.3, -0.25) is 4.90 Å². The molecule has 0 radical (unpaired) electrons. The summed E-state index contributed by atoms with van der Waals surface area (Å²) >= 11 is 0. The minimum Gasteiger partial charge on any atom is -0.395 e. The normalized spacial score (nSPS) is 35.6. The van der Waals surface area contributed by atoms with Crippen molar-refractivity contribution in [1.29, 1.82) is 0 Å². The molecular weight excluding hydrogens is 274 g/mol. The van der Waals surface area contributed by atoms with E-state index in [1.54, 1.807) is 0 Å². The number of aliphatic hydroxyl groups excluding tert-OH is 5. The van der Waals surface area contributed by atoms with E-state index in [-0.39, 0.29) is 6.04 Å². The molecule has 0 aromatic heterocycles. The average Bonchev–Trinajstić information content (AvgIpc) is 2.52. The van der Waals surface area contributed by atoms with Crippen LogP contribution in [0.5, 0.6) is 0 Å². The van der Waals surface area contributed by atoms with Gasteiger partial charge in [-0.1, -0.05) is 37.3 Å². The predicted molar refractivity (Wildman–Crippen MR) is 76.2 cm³/mol. The third-order valence-electron chi connectivity index (χ3n) is 4.21. The fourth-order valence-electron chi connectivity index (χ4n) is 3.07. The number of rotatable bonds is 4. The molecule has 0 amide bonds. The molecule has 0 saturated carbocycles. The number of hydrogen-bond donors (Lipinski definition) is 5. The largest absolute Gasteiger partial charge is 0.395 e. The lowest BCUT2D eigenvalue weighted by Crippen LogP contribution is -2.67. The van der Waals surface area contributed by atoms with Gasteiger partial charge in [0.15, 0.2) is 0 Å². The molecule has 0 aliphatic carbocycles. The molecule has 2 rings (SSSR count). The van der Waals surface area contributed by atoms with E-state index >= 15 is 0 Å². The van der Waals surface area contributed by atoms with Crippen molar-refractivity contribution in [2.75, 3.05) is 6.61 Å². The van der Waals surface area contributed by atoms with E-state index in [1.165, 1.54) is 4.90 Å². The van der Waals surface area contributed by atoms with Crippen LogP contribution in [0.1, 0.15) is 24.9 Å². The molecular formula is C15H23NO5. The number of benzene rings is 1. The fourth-order valence-corrected chi connectivity index (χ4v) is 3.07. The number of nitrogens with zero attached hydrogens (tertiary/aromatic N) is 1. The van der Waals surface area contributed by atoms with E-state index in [4.69, 9.17) is 0 Å². The van der Waals surface area contributed by atoms with Crippen LogP contribution in [0.25, 0.3) is 0 Å². The molecule has 6 nitrogen and oxygen atoms in total.